The predicted molar refractivity (Wildman–Crippen MR) is 124 cm³/mol. The number of pyridine rings is 2. The summed E-state index contributed by atoms with van der Waals surface area (Å²) < 4.78 is 2.38. The van der Waals surface area contributed by atoms with Gasteiger partial charge in [0.1, 0.15) is 0 Å². The maximum atomic E-state index is 5.77. The third-order valence-electron chi connectivity index (χ3n) is 5.95. The summed E-state index contributed by atoms with van der Waals surface area (Å²) in [7, 11) is 0. The summed E-state index contributed by atoms with van der Waals surface area (Å²) in [6, 6.07) is 12.7. The van der Waals surface area contributed by atoms with E-state index in [2.05, 4.69) is 63.7 Å². The van der Waals surface area contributed by atoms with Crippen LogP contribution in [-0.2, 0) is 6.54 Å². The maximum absolute atomic E-state index is 5.77. The number of nitrogens with zero attached hydrogens (tertiary/aromatic N) is 4. The molecule has 0 radical (unpaired) electrons. The molecule has 0 amide bonds. The SMILES string of the molecule is CCCCN1C(=S)NC(c2ccccn2)C1c1cc(C)n(Cc2cccnc2)c1C. The van der Waals surface area contributed by atoms with Crippen LogP contribution in [0.5, 0.6) is 0 Å². The zero-order valence-corrected chi connectivity index (χ0v) is 18.7. The van der Waals surface area contributed by atoms with Gasteiger partial charge in [-0.3, -0.25) is 9.97 Å². The minimum absolute atomic E-state index is 0.0444. The van der Waals surface area contributed by atoms with Crippen LogP contribution in [0.4, 0.5) is 0 Å². The highest BCUT2D eigenvalue weighted by Crippen LogP contribution is 2.41. The molecule has 0 bridgehead atoms. The summed E-state index contributed by atoms with van der Waals surface area (Å²) in [6.45, 7) is 8.38. The molecule has 3 aromatic heterocycles. The van der Waals surface area contributed by atoms with Crippen molar-refractivity contribution < 1.29 is 0 Å². The van der Waals surface area contributed by atoms with Crippen LogP contribution in [0.25, 0.3) is 0 Å². The Balaban J connectivity index is 1.74. The Kier molecular flexibility index (Phi) is 6.13. The fraction of sp³-hybridized carbons (Fsp3) is 0.375. The van der Waals surface area contributed by atoms with Gasteiger partial charge in [0, 0.05) is 43.1 Å². The number of thiocarbonyl (C=S) groups is 1. The lowest BCUT2D eigenvalue weighted by Crippen LogP contribution is -2.30. The average molecular weight is 420 g/mol. The van der Waals surface area contributed by atoms with Gasteiger partial charge < -0.3 is 14.8 Å². The van der Waals surface area contributed by atoms with E-state index in [-0.39, 0.29) is 12.1 Å². The van der Waals surface area contributed by atoms with Crippen LogP contribution in [-0.4, -0.2) is 31.1 Å². The maximum Gasteiger partial charge on any atom is 0.170 e. The van der Waals surface area contributed by atoms with Gasteiger partial charge in [-0.25, -0.2) is 0 Å². The van der Waals surface area contributed by atoms with Gasteiger partial charge in [0.2, 0.25) is 0 Å². The Morgan fingerprint density at radius 1 is 1.13 bits per heavy atom. The minimum atomic E-state index is 0.0444. The molecule has 6 heteroatoms. The highest BCUT2D eigenvalue weighted by atomic mass is 32.1. The zero-order chi connectivity index (χ0) is 21.1. The van der Waals surface area contributed by atoms with E-state index < -0.39 is 0 Å². The van der Waals surface area contributed by atoms with E-state index in [4.69, 9.17) is 12.2 Å². The van der Waals surface area contributed by atoms with Crippen LogP contribution < -0.4 is 5.32 Å². The molecule has 3 aromatic rings. The van der Waals surface area contributed by atoms with Crippen molar-refractivity contribution in [3.8, 4) is 0 Å². The Morgan fingerprint density at radius 2 is 2.00 bits per heavy atom. The Morgan fingerprint density at radius 3 is 2.70 bits per heavy atom. The predicted octanol–water partition coefficient (Wildman–Crippen LogP) is 4.72. The summed E-state index contributed by atoms with van der Waals surface area (Å²) in [6.07, 6.45) is 7.87. The van der Waals surface area contributed by atoms with E-state index >= 15 is 0 Å². The van der Waals surface area contributed by atoms with E-state index in [1.54, 1.807) is 0 Å². The van der Waals surface area contributed by atoms with E-state index in [9.17, 15) is 0 Å². The summed E-state index contributed by atoms with van der Waals surface area (Å²) in [4.78, 5) is 11.3. The smallest absolute Gasteiger partial charge is 0.170 e. The molecule has 1 aliphatic rings. The first-order valence-corrected chi connectivity index (χ1v) is 11.0. The van der Waals surface area contributed by atoms with Gasteiger partial charge in [-0.1, -0.05) is 25.5 Å². The standard InChI is InChI=1S/C24H29N5S/c1-4-5-13-28-23(22(27-24(28)30)21-10-6-7-12-26-21)20-14-17(2)29(18(20)3)16-19-9-8-11-25-15-19/h6-12,14-15,22-23H,4-5,13,16H2,1-3H3,(H,27,30). The second-order valence-electron chi connectivity index (χ2n) is 7.95. The molecule has 1 N–H and O–H groups in total. The molecule has 156 valence electrons. The van der Waals surface area contributed by atoms with Gasteiger partial charge in [0.05, 0.1) is 17.8 Å². The van der Waals surface area contributed by atoms with Crippen LogP contribution in [0.3, 0.4) is 0 Å². The summed E-state index contributed by atoms with van der Waals surface area (Å²) in [5.41, 5.74) is 6.07. The largest absolute Gasteiger partial charge is 0.352 e. The van der Waals surface area contributed by atoms with Crippen LogP contribution in [0.2, 0.25) is 0 Å². The second-order valence-corrected chi connectivity index (χ2v) is 8.33. The first-order valence-electron chi connectivity index (χ1n) is 10.6. The molecule has 1 aliphatic heterocycles. The van der Waals surface area contributed by atoms with E-state index in [1.807, 2.05) is 36.8 Å². The van der Waals surface area contributed by atoms with Gasteiger partial charge >= 0.3 is 0 Å². The third-order valence-corrected chi connectivity index (χ3v) is 6.30. The first kappa shape index (κ1) is 20.5. The molecule has 1 saturated heterocycles. The van der Waals surface area contributed by atoms with E-state index in [1.165, 1.54) is 22.5 Å². The van der Waals surface area contributed by atoms with Crippen molar-refractivity contribution in [1.29, 1.82) is 0 Å². The van der Waals surface area contributed by atoms with E-state index in [0.717, 1.165) is 36.7 Å². The number of nitrogens with one attached hydrogen (secondary N) is 1. The van der Waals surface area contributed by atoms with Crippen LogP contribution in [0.15, 0.2) is 55.0 Å². The van der Waals surface area contributed by atoms with Crippen molar-refractivity contribution in [3.05, 3.63) is 83.2 Å². The average Bonchev–Trinajstić information content (AvgIpc) is 3.24. The van der Waals surface area contributed by atoms with Crippen LogP contribution in [0.1, 0.15) is 60.1 Å². The zero-order valence-electron chi connectivity index (χ0n) is 17.9. The summed E-state index contributed by atoms with van der Waals surface area (Å²) in [5, 5.41) is 4.38. The Bertz CT molecular complexity index is 999. The van der Waals surface area contributed by atoms with E-state index in [0.29, 0.717) is 0 Å². The van der Waals surface area contributed by atoms with Gasteiger partial charge in [-0.15, -0.1) is 0 Å². The highest BCUT2D eigenvalue weighted by molar-refractivity contribution is 7.80. The Labute approximate surface area is 184 Å². The fourth-order valence-corrected chi connectivity index (χ4v) is 4.69. The number of unbranched alkanes of at least 4 members (excludes halogenated alkanes) is 1. The molecular weight excluding hydrogens is 390 g/mol. The molecule has 0 aromatic carbocycles. The number of hydrogen-bond acceptors (Lipinski definition) is 3. The molecule has 4 heterocycles. The number of aryl methyl sites for hydroxylation is 1. The fourth-order valence-electron chi connectivity index (χ4n) is 4.36. The number of hydrogen-bond donors (Lipinski definition) is 1. The molecule has 2 atom stereocenters. The van der Waals surface area contributed by atoms with Crippen molar-refractivity contribution in [3.63, 3.8) is 0 Å². The minimum Gasteiger partial charge on any atom is -0.352 e. The van der Waals surface area contributed by atoms with Crippen molar-refractivity contribution in [1.82, 2.24) is 24.8 Å². The third kappa shape index (κ3) is 3.97. The molecule has 5 nitrogen and oxygen atoms in total. The monoisotopic (exact) mass is 419 g/mol. The Hall–Kier alpha value is -2.73. The van der Waals surface area contributed by atoms with Gasteiger partial charge in [-0.05, 0) is 67.9 Å². The summed E-state index contributed by atoms with van der Waals surface area (Å²) in [5.74, 6) is 0. The van der Waals surface area contributed by atoms with Crippen LogP contribution in [0, 0.1) is 13.8 Å². The molecule has 0 aliphatic carbocycles. The normalized spacial score (nSPS) is 18.6. The van der Waals surface area contributed by atoms with Gasteiger partial charge in [0.15, 0.2) is 5.11 Å². The van der Waals surface area contributed by atoms with Crippen molar-refractivity contribution in [2.75, 3.05) is 6.54 Å². The number of rotatable bonds is 7. The molecule has 1 fully saturated rings. The molecular formula is C24H29N5S. The molecule has 4 rings (SSSR count). The first-order chi connectivity index (χ1) is 14.6. The van der Waals surface area contributed by atoms with Crippen molar-refractivity contribution >= 4 is 17.3 Å². The second kappa shape index (κ2) is 8.96. The van der Waals surface area contributed by atoms with Gasteiger partial charge in [0.25, 0.3) is 0 Å². The summed E-state index contributed by atoms with van der Waals surface area (Å²) >= 11 is 5.77. The molecule has 30 heavy (non-hydrogen) atoms. The topological polar surface area (TPSA) is 46.0 Å². The lowest BCUT2D eigenvalue weighted by molar-refractivity contribution is 0.311. The van der Waals surface area contributed by atoms with Gasteiger partial charge in [-0.2, -0.15) is 0 Å². The highest BCUT2D eigenvalue weighted by Gasteiger charge is 2.40. The van der Waals surface area contributed by atoms with Crippen LogP contribution >= 0.6 is 12.2 Å². The number of aromatic nitrogens is 3. The molecule has 2 unspecified atom stereocenters. The quantitative estimate of drug-likeness (QED) is 0.562. The lowest BCUT2D eigenvalue weighted by atomic mass is 9.96. The van der Waals surface area contributed by atoms with Crippen molar-refractivity contribution in [2.24, 2.45) is 0 Å². The lowest BCUT2D eigenvalue weighted by Gasteiger charge is -2.28. The molecule has 0 saturated carbocycles. The molecule has 0 spiro atoms. The van der Waals surface area contributed by atoms with Crippen molar-refractivity contribution in [2.45, 2.75) is 52.2 Å².